The zero-order valence-corrected chi connectivity index (χ0v) is 9.74. The Hall–Kier alpha value is -2.63. The van der Waals surface area contributed by atoms with Crippen LogP contribution in [0.25, 0.3) is 0 Å². The van der Waals surface area contributed by atoms with Crippen molar-refractivity contribution in [2.45, 2.75) is 0 Å². The second-order valence-electron chi connectivity index (χ2n) is 3.34. The summed E-state index contributed by atoms with van der Waals surface area (Å²) >= 11 is 0. The smallest absolute Gasteiger partial charge is 0.258 e. The Kier molecular flexibility index (Phi) is 3.70. The van der Waals surface area contributed by atoms with Crippen molar-refractivity contribution >= 4 is 12.0 Å². The molecule has 0 atom stereocenters. The van der Waals surface area contributed by atoms with E-state index >= 15 is 0 Å². The van der Waals surface area contributed by atoms with Crippen LogP contribution in [0.1, 0.15) is 5.56 Å². The molecule has 1 heterocycles. The SMILES string of the molecule is COc1nccnc1NN=Cc1ccccc1O. The number of benzene rings is 1. The van der Waals surface area contributed by atoms with Crippen LogP contribution in [0.3, 0.4) is 0 Å². The molecule has 18 heavy (non-hydrogen) atoms. The largest absolute Gasteiger partial charge is 0.507 e. The normalized spacial score (nSPS) is 10.5. The number of aromatic nitrogens is 2. The monoisotopic (exact) mass is 244 g/mol. The van der Waals surface area contributed by atoms with Crippen molar-refractivity contribution in [3.05, 3.63) is 42.2 Å². The van der Waals surface area contributed by atoms with Crippen LogP contribution in [-0.2, 0) is 0 Å². The summed E-state index contributed by atoms with van der Waals surface area (Å²) in [5.74, 6) is 0.924. The molecule has 0 bridgehead atoms. The van der Waals surface area contributed by atoms with E-state index in [9.17, 15) is 5.11 Å². The first kappa shape index (κ1) is 11.8. The second kappa shape index (κ2) is 5.62. The second-order valence-corrected chi connectivity index (χ2v) is 3.34. The Bertz CT molecular complexity index is 557. The van der Waals surface area contributed by atoms with E-state index in [-0.39, 0.29) is 5.75 Å². The average Bonchev–Trinajstić information content (AvgIpc) is 2.41. The number of hydrazone groups is 1. The zero-order chi connectivity index (χ0) is 12.8. The summed E-state index contributed by atoms with van der Waals surface area (Å²) in [5, 5.41) is 13.5. The predicted molar refractivity (Wildman–Crippen MR) is 67.9 cm³/mol. The van der Waals surface area contributed by atoms with Crippen LogP contribution in [0, 0.1) is 0 Å². The highest BCUT2D eigenvalue weighted by molar-refractivity contribution is 5.83. The minimum absolute atomic E-state index is 0.161. The lowest BCUT2D eigenvalue weighted by Gasteiger charge is -2.03. The molecule has 0 aliphatic rings. The van der Waals surface area contributed by atoms with Crippen LogP contribution in [-0.4, -0.2) is 28.4 Å². The van der Waals surface area contributed by atoms with Crippen molar-refractivity contribution in [1.29, 1.82) is 0 Å². The van der Waals surface area contributed by atoms with E-state index in [1.54, 1.807) is 18.2 Å². The minimum Gasteiger partial charge on any atom is -0.507 e. The fraction of sp³-hybridized carbons (Fsp3) is 0.0833. The molecule has 0 aliphatic heterocycles. The molecule has 0 saturated heterocycles. The summed E-state index contributed by atoms with van der Waals surface area (Å²) in [6.07, 6.45) is 4.54. The molecule has 2 N–H and O–H groups in total. The molecule has 0 aliphatic carbocycles. The fourth-order valence-electron chi connectivity index (χ4n) is 1.31. The molecule has 0 amide bonds. The molecule has 6 nitrogen and oxygen atoms in total. The van der Waals surface area contributed by atoms with E-state index in [0.29, 0.717) is 17.3 Å². The molecular weight excluding hydrogens is 232 g/mol. The quantitative estimate of drug-likeness (QED) is 0.631. The van der Waals surface area contributed by atoms with Crippen molar-refractivity contribution in [2.75, 3.05) is 12.5 Å². The van der Waals surface area contributed by atoms with E-state index in [1.165, 1.54) is 25.7 Å². The average molecular weight is 244 g/mol. The Balaban J connectivity index is 2.10. The van der Waals surface area contributed by atoms with Gasteiger partial charge in [-0.3, -0.25) is 5.43 Å². The van der Waals surface area contributed by atoms with Gasteiger partial charge < -0.3 is 9.84 Å². The van der Waals surface area contributed by atoms with E-state index in [4.69, 9.17) is 4.74 Å². The van der Waals surface area contributed by atoms with Gasteiger partial charge in [0.2, 0.25) is 5.82 Å². The van der Waals surface area contributed by atoms with Gasteiger partial charge in [-0.15, -0.1) is 0 Å². The number of aromatic hydroxyl groups is 1. The fourth-order valence-corrected chi connectivity index (χ4v) is 1.31. The third-order valence-electron chi connectivity index (χ3n) is 2.17. The Morgan fingerprint density at radius 3 is 2.83 bits per heavy atom. The predicted octanol–water partition coefficient (Wildman–Crippen LogP) is 1.64. The highest BCUT2D eigenvalue weighted by atomic mass is 16.5. The summed E-state index contributed by atoms with van der Waals surface area (Å²) < 4.78 is 5.01. The number of phenolic OH excluding ortho intramolecular Hbond substituents is 1. The molecule has 6 heteroatoms. The molecule has 0 radical (unpaired) electrons. The summed E-state index contributed by atoms with van der Waals surface area (Å²) in [5.41, 5.74) is 3.30. The standard InChI is InChI=1S/C12H12N4O2/c1-18-12-11(13-6-7-14-12)16-15-8-9-4-2-3-5-10(9)17/h2-8,17H,1H3,(H,13,16). The van der Waals surface area contributed by atoms with E-state index in [0.717, 1.165) is 0 Å². The number of methoxy groups -OCH3 is 1. The van der Waals surface area contributed by atoms with E-state index in [2.05, 4.69) is 20.5 Å². The first-order chi connectivity index (χ1) is 8.81. The van der Waals surface area contributed by atoms with Crippen LogP contribution < -0.4 is 10.2 Å². The van der Waals surface area contributed by atoms with Crippen LogP contribution >= 0.6 is 0 Å². The van der Waals surface area contributed by atoms with Gasteiger partial charge in [0.05, 0.1) is 13.3 Å². The zero-order valence-electron chi connectivity index (χ0n) is 9.74. The van der Waals surface area contributed by atoms with Gasteiger partial charge in [0.15, 0.2) is 0 Å². The topological polar surface area (TPSA) is 79.6 Å². The van der Waals surface area contributed by atoms with Crippen LogP contribution in [0.4, 0.5) is 5.82 Å². The molecular formula is C12H12N4O2. The highest BCUT2D eigenvalue weighted by Crippen LogP contribution is 2.17. The molecule has 1 aromatic carbocycles. The summed E-state index contributed by atoms with van der Waals surface area (Å²) in [7, 11) is 1.50. The Labute approximate surface area is 104 Å². The van der Waals surface area contributed by atoms with Gasteiger partial charge in [-0.1, -0.05) is 12.1 Å². The van der Waals surface area contributed by atoms with Crippen molar-refractivity contribution in [3.63, 3.8) is 0 Å². The molecule has 2 aromatic rings. The molecule has 1 aromatic heterocycles. The minimum atomic E-state index is 0.161. The molecule has 0 saturated carbocycles. The molecule has 0 unspecified atom stereocenters. The van der Waals surface area contributed by atoms with Crippen LogP contribution in [0.5, 0.6) is 11.6 Å². The molecule has 0 fully saturated rings. The van der Waals surface area contributed by atoms with Gasteiger partial charge in [0.1, 0.15) is 5.75 Å². The van der Waals surface area contributed by atoms with Crippen LogP contribution in [0.2, 0.25) is 0 Å². The van der Waals surface area contributed by atoms with Gasteiger partial charge in [0.25, 0.3) is 5.88 Å². The lowest BCUT2D eigenvalue weighted by atomic mass is 10.2. The third kappa shape index (κ3) is 2.73. The summed E-state index contributed by atoms with van der Waals surface area (Å²) in [4.78, 5) is 8.00. The Morgan fingerprint density at radius 2 is 2.06 bits per heavy atom. The van der Waals surface area contributed by atoms with Crippen molar-refractivity contribution in [3.8, 4) is 11.6 Å². The maximum absolute atomic E-state index is 9.54. The number of nitrogens with zero attached hydrogens (tertiary/aromatic N) is 3. The number of nitrogens with one attached hydrogen (secondary N) is 1. The maximum atomic E-state index is 9.54. The summed E-state index contributed by atoms with van der Waals surface area (Å²) in [6.45, 7) is 0. The van der Waals surface area contributed by atoms with Gasteiger partial charge >= 0.3 is 0 Å². The molecule has 0 spiro atoms. The first-order valence-electron chi connectivity index (χ1n) is 5.23. The van der Waals surface area contributed by atoms with Crippen LogP contribution in [0.15, 0.2) is 41.8 Å². The summed E-state index contributed by atoms with van der Waals surface area (Å²) in [6, 6.07) is 6.88. The number of hydrogen-bond donors (Lipinski definition) is 2. The lowest BCUT2D eigenvalue weighted by molar-refractivity contribution is 0.398. The van der Waals surface area contributed by atoms with Gasteiger partial charge in [-0.05, 0) is 12.1 Å². The number of ether oxygens (including phenoxy) is 1. The maximum Gasteiger partial charge on any atom is 0.258 e. The van der Waals surface area contributed by atoms with E-state index < -0.39 is 0 Å². The molecule has 2 rings (SSSR count). The van der Waals surface area contributed by atoms with Crippen molar-refractivity contribution < 1.29 is 9.84 Å². The van der Waals surface area contributed by atoms with Crippen molar-refractivity contribution in [2.24, 2.45) is 5.10 Å². The highest BCUT2D eigenvalue weighted by Gasteiger charge is 2.02. The lowest BCUT2D eigenvalue weighted by Crippen LogP contribution is -1.98. The molecule has 92 valence electrons. The number of anilines is 1. The first-order valence-corrected chi connectivity index (χ1v) is 5.23. The number of hydrogen-bond acceptors (Lipinski definition) is 6. The van der Waals surface area contributed by atoms with E-state index in [1.807, 2.05) is 6.07 Å². The number of phenols is 1. The number of para-hydroxylation sites is 1. The Morgan fingerprint density at radius 1 is 1.28 bits per heavy atom. The van der Waals surface area contributed by atoms with Crippen molar-refractivity contribution in [1.82, 2.24) is 9.97 Å². The third-order valence-corrected chi connectivity index (χ3v) is 2.17. The number of rotatable bonds is 4. The van der Waals surface area contributed by atoms with Gasteiger partial charge in [-0.25, -0.2) is 9.97 Å². The van der Waals surface area contributed by atoms with Gasteiger partial charge in [-0.2, -0.15) is 5.10 Å². The van der Waals surface area contributed by atoms with Gasteiger partial charge in [0, 0.05) is 18.0 Å².